The van der Waals surface area contributed by atoms with Crippen molar-refractivity contribution in [2.45, 2.75) is 19.4 Å². The highest BCUT2D eigenvalue weighted by molar-refractivity contribution is 9.10. The highest BCUT2D eigenvalue weighted by Crippen LogP contribution is 2.32. The summed E-state index contributed by atoms with van der Waals surface area (Å²) in [5, 5.41) is 10.2. The highest BCUT2D eigenvalue weighted by atomic mass is 79.9. The van der Waals surface area contributed by atoms with Gasteiger partial charge in [-0.3, -0.25) is 0 Å². The average Bonchev–Trinajstić information content (AvgIpc) is 2.31. The Morgan fingerprint density at radius 2 is 2.19 bits per heavy atom. The normalized spacial score (nSPS) is 14.6. The van der Waals surface area contributed by atoms with Crippen LogP contribution < -0.4 is 10.5 Å². The van der Waals surface area contributed by atoms with Crippen molar-refractivity contribution in [2.24, 2.45) is 11.7 Å². The molecular formula is C12H18BrNO2. The van der Waals surface area contributed by atoms with Gasteiger partial charge < -0.3 is 15.6 Å². The van der Waals surface area contributed by atoms with Crippen molar-refractivity contribution in [3.8, 4) is 5.75 Å². The predicted octanol–water partition coefficient (Wildman–Crippen LogP) is 2.48. The Morgan fingerprint density at radius 1 is 1.50 bits per heavy atom. The first-order valence-corrected chi connectivity index (χ1v) is 6.14. The zero-order chi connectivity index (χ0) is 12.1. The summed E-state index contributed by atoms with van der Waals surface area (Å²) in [5.74, 6) is 0.813. The standard InChI is InChI=1S/C12H18BrNO2/c1-3-8(7-14)12(15)10-6-9(16-2)4-5-11(10)13/h4-6,8,12,15H,3,7,14H2,1-2H3. The first-order chi connectivity index (χ1) is 7.63. The van der Waals surface area contributed by atoms with Crippen molar-refractivity contribution >= 4 is 15.9 Å². The molecule has 0 saturated carbocycles. The van der Waals surface area contributed by atoms with Crippen molar-refractivity contribution in [3.63, 3.8) is 0 Å². The maximum Gasteiger partial charge on any atom is 0.119 e. The lowest BCUT2D eigenvalue weighted by atomic mass is 9.93. The molecule has 0 bridgehead atoms. The van der Waals surface area contributed by atoms with E-state index in [1.165, 1.54) is 0 Å². The van der Waals surface area contributed by atoms with Crippen molar-refractivity contribution in [2.75, 3.05) is 13.7 Å². The quantitative estimate of drug-likeness (QED) is 0.875. The SMILES string of the molecule is CCC(CN)C(O)c1cc(OC)ccc1Br. The topological polar surface area (TPSA) is 55.5 Å². The molecule has 1 aromatic rings. The molecule has 0 radical (unpaired) electrons. The van der Waals surface area contributed by atoms with E-state index >= 15 is 0 Å². The van der Waals surface area contributed by atoms with Gasteiger partial charge in [0.05, 0.1) is 13.2 Å². The van der Waals surface area contributed by atoms with Crippen molar-refractivity contribution in [3.05, 3.63) is 28.2 Å². The summed E-state index contributed by atoms with van der Waals surface area (Å²) in [4.78, 5) is 0. The van der Waals surface area contributed by atoms with E-state index < -0.39 is 6.10 Å². The summed E-state index contributed by atoms with van der Waals surface area (Å²) < 4.78 is 6.03. The molecule has 3 N–H and O–H groups in total. The number of rotatable bonds is 5. The van der Waals surface area contributed by atoms with Crippen LogP contribution in [-0.2, 0) is 0 Å². The monoisotopic (exact) mass is 287 g/mol. The Morgan fingerprint density at radius 3 is 2.69 bits per heavy atom. The molecule has 2 unspecified atom stereocenters. The number of hydrogen-bond acceptors (Lipinski definition) is 3. The Labute approximate surface area is 105 Å². The van der Waals surface area contributed by atoms with Crippen LogP contribution in [0.1, 0.15) is 25.0 Å². The third-order valence-electron chi connectivity index (χ3n) is 2.80. The van der Waals surface area contributed by atoms with E-state index in [9.17, 15) is 5.11 Å². The molecule has 0 amide bonds. The maximum atomic E-state index is 10.2. The number of aliphatic hydroxyl groups excluding tert-OH is 1. The lowest BCUT2D eigenvalue weighted by molar-refractivity contribution is 0.109. The third kappa shape index (κ3) is 2.97. The number of aliphatic hydroxyl groups is 1. The Balaban J connectivity index is 3.01. The summed E-state index contributed by atoms with van der Waals surface area (Å²) in [6, 6.07) is 5.57. The average molecular weight is 288 g/mol. The number of ether oxygens (including phenoxy) is 1. The minimum atomic E-state index is -0.556. The van der Waals surface area contributed by atoms with Crippen molar-refractivity contribution < 1.29 is 9.84 Å². The smallest absolute Gasteiger partial charge is 0.119 e. The first-order valence-electron chi connectivity index (χ1n) is 5.35. The molecular weight excluding hydrogens is 270 g/mol. The molecule has 0 aliphatic heterocycles. The van der Waals surface area contributed by atoms with Gasteiger partial charge in [-0.15, -0.1) is 0 Å². The summed E-state index contributed by atoms with van der Waals surface area (Å²) in [5.41, 5.74) is 6.47. The number of methoxy groups -OCH3 is 1. The minimum absolute atomic E-state index is 0.0726. The summed E-state index contributed by atoms with van der Waals surface area (Å²) in [7, 11) is 1.61. The van der Waals surface area contributed by atoms with Crippen LogP contribution in [0.3, 0.4) is 0 Å². The lowest BCUT2D eigenvalue weighted by Crippen LogP contribution is -2.21. The highest BCUT2D eigenvalue weighted by Gasteiger charge is 2.20. The first kappa shape index (κ1) is 13.5. The van der Waals surface area contributed by atoms with Crippen molar-refractivity contribution in [1.29, 1.82) is 0 Å². The Kier molecular flexibility index (Phi) is 5.25. The second-order valence-electron chi connectivity index (χ2n) is 3.74. The van der Waals surface area contributed by atoms with Crippen LogP contribution in [0, 0.1) is 5.92 Å². The van der Waals surface area contributed by atoms with Gasteiger partial charge in [0.1, 0.15) is 5.75 Å². The van der Waals surface area contributed by atoms with Crippen LogP contribution in [-0.4, -0.2) is 18.8 Å². The van der Waals surface area contributed by atoms with Crippen LogP contribution in [0.2, 0.25) is 0 Å². The van der Waals surface area contributed by atoms with Crippen molar-refractivity contribution in [1.82, 2.24) is 0 Å². The summed E-state index contributed by atoms with van der Waals surface area (Å²) in [6.45, 7) is 2.50. The van der Waals surface area contributed by atoms with Crippen LogP contribution in [0.4, 0.5) is 0 Å². The zero-order valence-corrected chi connectivity index (χ0v) is 11.2. The van der Waals surface area contributed by atoms with Gasteiger partial charge in [0.25, 0.3) is 0 Å². The molecule has 16 heavy (non-hydrogen) atoms. The molecule has 0 heterocycles. The largest absolute Gasteiger partial charge is 0.497 e. The molecule has 1 rings (SSSR count). The zero-order valence-electron chi connectivity index (χ0n) is 9.61. The van der Waals surface area contributed by atoms with Gasteiger partial charge in [-0.2, -0.15) is 0 Å². The molecule has 0 aromatic heterocycles. The molecule has 0 aliphatic carbocycles. The Hall–Kier alpha value is -0.580. The fourth-order valence-corrected chi connectivity index (χ4v) is 2.13. The Bertz CT molecular complexity index is 340. The van der Waals surface area contributed by atoms with E-state index in [0.717, 1.165) is 22.2 Å². The van der Waals surface area contributed by atoms with Crippen LogP contribution >= 0.6 is 15.9 Å². The molecule has 1 aromatic carbocycles. The van der Waals surface area contributed by atoms with E-state index in [0.29, 0.717) is 6.54 Å². The van der Waals surface area contributed by atoms with E-state index in [-0.39, 0.29) is 5.92 Å². The lowest BCUT2D eigenvalue weighted by Gasteiger charge is -2.21. The van der Waals surface area contributed by atoms with Gasteiger partial charge in [0.15, 0.2) is 0 Å². The molecule has 0 saturated heterocycles. The second kappa shape index (κ2) is 6.23. The van der Waals surface area contributed by atoms with Gasteiger partial charge in [0.2, 0.25) is 0 Å². The molecule has 3 nitrogen and oxygen atoms in total. The van der Waals surface area contributed by atoms with E-state index in [4.69, 9.17) is 10.5 Å². The fourth-order valence-electron chi connectivity index (χ4n) is 1.65. The van der Waals surface area contributed by atoms with Gasteiger partial charge in [-0.25, -0.2) is 0 Å². The van der Waals surface area contributed by atoms with Crippen LogP contribution in [0.15, 0.2) is 22.7 Å². The number of hydrogen-bond donors (Lipinski definition) is 2. The van der Waals surface area contributed by atoms with Crippen LogP contribution in [0.5, 0.6) is 5.75 Å². The third-order valence-corrected chi connectivity index (χ3v) is 3.52. The van der Waals surface area contributed by atoms with E-state index in [1.54, 1.807) is 7.11 Å². The molecule has 0 aliphatic rings. The molecule has 2 atom stereocenters. The van der Waals surface area contributed by atoms with Gasteiger partial charge >= 0.3 is 0 Å². The van der Waals surface area contributed by atoms with E-state index in [2.05, 4.69) is 15.9 Å². The fraction of sp³-hybridized carbons (Fsp3) is 0.500. The number of nitrogens with two attached hydrogens (primary N) is 1. The minimum Gasteiger partial charge on any atom is -0.497 e. The number of halogens is 1. The molecule has 4 heteroatoms. The van der Waals surface area contributed by atoms with Gasteiger partial charge in [0, 0.05) is 10.4 Å². The summed E-state index contributed by atoms with van der Waals surface area (Å²) >= 11 is 3.43. The molecule has 90 valence electrons. The number of benzene rings is 1. The van der Waals surface area contributed by atoms with E-state index in [1.807, 2.05) is 25.1 Å². The molecule has 0 spiro atoms. The second-order valence-corrected chi connectivity index (χ2v) is 4.59. The predicted molar refractivity (Wildman–Crippen MR) is 68.5 cm³/mol. The summed E-state index contributed by atoms with van der Waals surface area (Å²) in [6.07, 6.45) is 0.292. The van der Waals surface area contributed by atoms with Crippen LogP contribution in [0.25, 0.3) is 0 Å². The molecule has 0 fully saturated rings. The maximum absolute atomic E-state index is 10.2. The van der Waals surface area contributed by atoms with Gasteiger partial charge in [-0.1, -0.05) is 22.9 Å². The van der Waals surface area contributed by atoms with Gasteiger partial charge in [-0.05, 0) is 36.7 Å².